The van der Waals surface area contributed by atoms with Crippen molar-refractivity contribution >= 4 is 11.3 Å². The molecule has 1 unspecified atom stereocenters. The Hall–Kier alpha value is -0.410. The van der Waals surface area contributed by atoms with Crippen LogP contribution in [0, 0.1) is 5.92 Å². The van der Waals surface area contributed by atoms with Gasteiger partial charge in [0.1, 0.15) is 5.01 Å². The number of aromatic nitrogens is 1. The molecule has 0 bridgehead atoms. The lowest BCUT2D eigenvalue weighted by Gasteiger charge is -2.10. The summed E-state index contributed by atoms with van der Waals surface area (Å²) >= 11 is 1.64. The van der Waals surface area contributed by atoms with E-state index in [-0.39, 0.29) is 6.04 Å². The Morgan fingerprint density at radius 1 is 1.64 bits per heavy atom. The number of hydrogen-bond donors (Lipinski definition) is 1. The van der Waals surface area contributed by atoms with Crippen LogP contribution in [0.3, 0.4) is 0 Å². The molecule has 0 aliphatic heterocycles. The van der Waals surface area contributed by atoms with E-state index in [0.717, 1.165) is 11.4 Å². The summed E-state index contributed by atoms with van der Waals surface area (Å²) in [7, 11) is 0. The van der Waals surface area contributed by atoms with Crippen molar-refractivity contribution in [1.82, 2.24) is 4.98 Å². The van der Waals surface area contributed by atoms with Crippen LogP contribution in [0.4, 0.5) is 0 Å². The molecule has 1 aromatic rings. The van der Waals surface area contributed by atoms with Crippen molar-refractivity contribution in [2.24, 2.45) is 11.7 Å². The third-order valence-corrected chi connectivity index (χ3v) is 2.40. The van der Waals surface area contributed by atoms with Crippen LogP contribution < -0.4 is 5.73 Å². The SMILES string of the molecule is CC(C)CC(N)c1nccs1. The Morgan fingerprint density at radius 2 is 2.36 bits per heavy atom. The van der Waals surface area contributed by atoms with Crippen molar-refractivity contribution < 1.29 is 0 Å². The van der Waals surface area contributed by atoms with Gasteiger partial charge in [0.2, 0.25) is 0 Å². The summed E-state index contributed by atoms with van der Waals surface area (Å²) in [6.45, 7) is 4.35. The third kappa shape index (κ3) is 2.60. The van der Waals surface area contributed by atoms with Crippen LogP contribution in [0.5, 0.6) is 0 Å². The maximum absolute atomic E-state index is 5.89. The van der Waals surface area contributed by atoms with Gasteiger partial charge in [-0.15, -0.1) is 11.3 Å². The molecule has 0 radical (unpaired) electrons. The smallest absolute Gasteiger partial charge is 0.109 e. The number of hydrogen-bond acceptors (Lipinski definition) is 3. The van der Waals surface area contributed by atoms with Gasteiger partial charge in [0.15, 0.2) is 0 Å². The van der Waals surface area contributed by atoms with Crippen LogP contribution >= 0.6 is 11.3 Å². The molecule has 0 saturated heterocycles. The van der Waals surface area contributed by atoms with Gasteiger partial charge in [-0.05, 0) is 12.3 Å². The molecular weight excluding hydrogens is 156 g/mol. The van der Waals surface area contributed by atoms with Crippen molar-refractivity contribution in [3.8, 4) is 0 Å². The van der Waals surface area contributed by atoms with E-state index < -0.39 is 0 Å². The average Bonchev–Trinajstić information content (AvgIpc) is 2.35. The van der Waals surface area contributed by atoms with E-state index in [2.05, 4.69) is 18.8 Å². The van der Waals surface area contributed by atoms with Crippen molar-refractivity contribution in [2.75, 3.05) is 0 Å². The maximum atomic E-state index is 5.89. The summed E-state index contributed by atoms with van der Waals surface area (Å²) in [6, 6.07) is 0.134. The van der Waals surface area contributed by atoms with Gasteiger partial charge in [0.25, 0.3) is 0 Å². The lowest BCUT2D eigenvalue weighted by Crippen LogP contribution is -2.12. The molecule has 0 spiro atoms. The van der Waals surface area contributed by atoms with E-state index in [1.165, 1.54) is 0 Å². The molecule has 11 heavy (non-hydrogen) atoms. The second-order valence-corrected chi connectivity index (χ2v) is 4.03. The second-order valence-electron chi connectivity index (χ2n) is 3.11. The fraction of sp³-hybridized carbons (Fsp3) is 0.625. The normalized spacial score (nSPS) is 13.8. The highest BCUT2D eigenvalue weighted by atomic mass is 32.1. The fourth-order valence-corrected chi connectivity index (χ4v) is 1.68. The summed E-state index contributed by atoms with van der Waals surface area (Å²) in [5, 5.41) is 3.02. The molecule has 0 saturated carbocycles. The van der Waals surface area contributed by atoms with Gasteiger partial charge in [-0.2, -0.15) is 0 Å². The molecule has 0 fully saturated rings. The summed E-state index contributed by atoms with van der Waals surface area (Å²) in [5.74, 6) is 0.647. The van der Waals surface area contributed by atoms with E-state index in [1.54, 1.807) is 17.5 Å². The monoisotopic (exact) mass is 170 g/mol. The molecule has 62 valence electrons. The fourth-order valence-electron chi connectivity index (χ4n) is 1.03. The molecule has 0 aliphatic rings. The van der Waals surface area contributed by atoms with E-state index in [4.69, 9.17) is 5.73 Å². The molecule has 1 rings (SSSR count). The van der Waals surface area contributed by atoms with E-state index in [9.17, 15) is 0 Å². The molecule has 0 amide bonds. The number of rotatable bonds is 3. The minimum Gasteiger partial charge on any atom is -0.322 e. The number of nitrogens with two attached hydrogens (primary N) is 1. The molecule has 2 nitrogen and oxygen atoms in total. The molecular formula is C8H14N2S. The van der Waals surface area contributed by atoms with Gasteiger partial charge in [-0.1, -0.05) is 13.8 Å². The van der Waals surface area contributed by atoms with Gasteiger partial charge >= 0.3 is 0 Å². The Bertz CT molecular complexity index is 194. The Kier molecular flexibility index (Phi) is 3.02. The first-order valence-electron chi connectivity index (χ1n) is 3.85. The van der Waals surface area contributed by atoms with Crippen molar-refractivity contribution in [3.63, 3.8) is 0 Å². The van der Waals surface area contributed by atoms with Crippen LogP contribution in [-0.4, -0.2) is 4.98 Å². The lowest BCUT2D eigenvalue weighted by atomic mass is 10.1. The van der Waals surface area contributed by atoms with Crippen molar-refractivity contribution in [1.29, 1.82) is 0 Å². The molecule has 1 atom stereocenters. The summed E-state index contributed by atoms with van der Waals surface area (Å²) < 4.78 is 0. The zero-order valence-electron chi connectivity index (χ0n) is 6.95. The summed E-state index contributed by atoms with van der Waals surface area (Å²) in [6.07, 6.45) is 2.83. The Labute approximate surface area is 71.5 Å². The minimum atomic E-state index is 0.134. The lowest BCUT2D eigenvalue weighted by molar-refractivity contribution is 0.508. The Morgan fingerprint density at radius 3 is 2.82 bits per heavy atom. The molecule has 0 aromatic carbocycles. The molecule has 1 heterocycles. The zero-order valence-corrected chi connectivity index (χ0v) is 7.77. The quantitative estimate of drug-likeness (QED) is 0.755. The summed E-state index contributed by atoms with van der Waals surface area (Å²) in [4.78, 5) is 4.16. The zero-order chi connectivity index (χ0) is 8.27. The first-order chi connectivity index (χ1) is 5.20. The first-order valence-corrected chi connectivity index (χ1v) is 4.73. The van der Waals surface area contributed by atoms with Gasteiger partial charge in [-0.25, -0.2) is 4.98 Å². The second kappa shape index (κ2) is 3.83. The topological polar surface area (TPSA) is 38.9 Å². The predicted molar refractivity (Wildman–Crippen MR) is 48.5 cm³/mol. The highest BCUT2D eigenvalue weighted by Gasteiger charge is 2.09. The first kappa shape index (κ1) is 8.68. The highest BCUT2D eigenvalue weighted by molar-refractivity contribution is 7.09. The highest BCUT2D eigenvalue weighted by Crippen LogP contribution is 2.19. The summed E-state index contributed by atoms with van der Waals surface area (Å²) in [5.41, 5.74) is 5.89. The van der Waals surface area contributed by atoms with Crippen LogP contribution in [-0.2, 0) is 0 Å². The number of thiazole rings is 1. The number of nitrogens with zero attached hydrogens (tertiary/aromatic N) is 1. The Balaban J connectivity index is 2.49. The largest absolute Gasteiger partial charge is 0.322 e. The molecule has 2 N–H and O–H groups in total. The third-order valence-electron chi connectivity index (χ3n) is 1.49. The van der Waals surface area contributed by atoms with Crippen molar-refractivity contribution in [3.05, 3.63) is 16.6 Å². The van der Waals surface area contributed by atoms with Gasteiger partial charge in [0.05, 0.1) is 6.04 Å². The van der Waals surface area contributed by atoms with Crippen LogP contribution in [0.1, 0.15) is 31.3 Å². The van der Waals surface area contributed by atoms with Gasteiger partial charge in [0, 0.05) is 11.6 Å². The van der Waals surface area contributed by atoms with E-state index >= 15 is 0 Å². The minimum absolute atomic E-state index is 0.134. The molecule has 3 heteroatoms. The standard InChI is InChI=1S/C8H14N2S/c1-6(2)5-7(9)8-10-3-4-11-8/h3-4,6-7H,5,9H2,1-2H3. The van der Waals surface area contributed by atoms with Crippen LogP contribution in [0.2, 0.25) is 0 Å². The van der Waals surface area contributed by atoms with E-state index in [1.807, 2.05) is 5.38 Å². The molecule has 1 aromatic heterocycles. The van der Waals surface area contributed by atoms with Gasteiger partial charge in [-0.3, -0.25) is 0 Å². The average molecular weight is 170 g/mol. The molecule has 0 aliphatic carbocycles. The van der Waals surface area contributed by atoms with Crippen LogP contribution in [0.25, 0.3) is 0 Å². The van der Waals surface area contributed by atoms with Crippen molar-refractivity contribution in [2.45, 2.75) is 26.3 Å². The van der Waals surface area contributed by atoms with Crippen LogP contribution in [0.15, 0.2) is 11.6 Å². The predicted octanol–water partition coefficient (Wildman–Crippen LogP) is 2.19. The van der Waals surface area contributed by atoms with Gasteiger partial charge < -0.3 is 5.73 Å². The maximum Gasteiger partial charge on any atom is 0.109 e. The van der Waals surface area contributed by atoms with E-state index in [0.29, 0.717) is 5.92 Å².